The van der Waals surface area contributed by atoms with Crippen molar-refractivity contribution in [3.05, 3.63) is 23.7 Å². The first-order valence-corrected chi connectivity index (χ1v) is 4.25. The number of nitrogens with one attached hydrogen (secondary N) is 1. The molecule has 1 N–H and O–H groups in total. The zero-order valence-electron chi connectivity index (χ0n) is 8.42. The molecule has 14 heavy (non-hydrogen) atoms. The van der Waals surface area contributed by atoms with E-state index < -0.39 is 0 Å². The maximum absolute atomic E-state index is 11.5. The molecule has 0 fully saturated rings. The normalized spacial score (nSPS) is 10.7. The van der Waals surface area contributed by atoms with Gasteiger partial charge < -0.3 is 9.73 Å². The summed E-state index contributed by atoms with van der Waals surface area (Å²) in [5.74, 6) is -0.000431. The first-order valence-electron chi connectivity index (χ1n) is 4.25. The molecule has 0 unspecified atom stereocenters. The monoisotopic (exact) mass is 192 g/mol. The number of hydrogen-bond acceptors (Lipinski definition) is 3. The topological polar surface area (TPSA) is 66.0 Å². The third-order valence-corrected chi connectivity index (χ3v) is 1.43. The van der Waals surface area contributed by atoms with Crippen molar-refractivity contribution >= 4 is 5.91 Å². The highest BCUT2D eigenvalue weighted by Crippen LogP contribution is 2.08. The second kappa shape index (κ2) is 3.54. The fraction of sp³-hybridized carbons (Fsp3) is 0.400. The average Bonchev–Trinajstić information content (AvgIpc) is 2.48. The molecule has 0 saturated heterocycles. The largest absolute Gasteiger partial charge is 0.440 e. The molecule has 1 aromatic heterocycles. The molecule has 0 atom stereocenters. The smallest absolute Gasteiger partial charge is 0.287 e. The summed E-state index contributed by atoms with van der Waals surface area (Å²) < 4.78 is 4.97. The van der Waals surface area contributed by atoms with Crippen LogP contribution in [0, 0.1) is 11.3 Å². The van der Waals surface area contributed by atoms with Crippen LogP contribution in [-0.4, -0.2) is 11.4 Å². The second-order valence-electron chi connectivity index (χ2n) is 3.98. The van der Waals surface area contributed by atoms with Gasteiger partial charge in [-0.15, -0.1) is 0 Å². The minimum Gasteiger partial charge on any atom is -0.440 e. The standard InChI is InChI=1S/C10H12N2O2/c1-10(2,3)12-9(13)8-5-4-7(6-11)14-8/h4-5H,1-3H3,(H,12,13). The summed E-state index contributed by atoms with van der Waals surface area (Å²) in [6.07, 6.45) is 0. The van der Waals surface area contributed by atoms with E-state index in [9.17, 15) is 4.79 Å². The molecular formula is C10H12N2O2. The zero-order chi connectivity index (χ0) is 10.8. The first kappa shape index (κ1) is 10.3. The maximum Gasteiger partial charge on any atom is 0.287 e. The lowest BCUT2D eigenvalue weighted by molar-refractivity contribution is 0.0890. The minimum absolute atomic E-state index is 0.143. The quantitative estimate of drug-likeness (QED) is 0.736. The summed E-state index contributed by atoms with van der Waals surface area (Å²) in [7, 11) is 0. The number of furan rings is 1. The van der Waals surface area contributed by atoms with Gasteiger partial charge in [-0.05, 0) is 32.9 Å². The van der Waals surface area contributed by atoms with Gasteiger partial charge in [0.05, 0.1) is 0 Å². The van der Waals surface area contributed by atoms with Crippen LogP contribution in [0.2, 0.25) is 0 Å². The number of hydrogen-bond donors (Lipinski definition) is 1. The molecule has 0 aromatic carbocycles. The number of amides is 1. The summed E-state index contributed by atoms with van der Waals surface area (Å²) in [4.78, 5) is 11.5. The van der Waals surface area contributed by atoms with Crippen molar-refractivity contribution < 1.29 is 9.21 Å². The summed E-state index contributed by atoms with van der Waals surface area (Å²) in [5.41, 5.74) is -0.309. The van der Waals surface area contributed by atoms with Gasteiger partial charge in [-0.3, -0.25) is 4.79 Å². The molecule has 0 bridgehead atoms. The molecule has 0 aliphatic rings. The summed E-state index contributed by atoms with van der Waals surface area (Å²) in [6, 6.07) is 4.77. The van der Waals surface area contributed by atoms with Crippen molar-refractivity contribution in [1.29, 1.82) is 5.26 Å². The van der Waals surface area contributed by atoms with Gasteiger partial charge in [0, 0.05) is 5.54 Å². The van der Waals surface area contributed by atoms with Crippen molar-refractivity contribution in [2.75, 3.05) is 0 Å². The third-order valence-electron chi connectivity index (χ3n) is 1.43. The Labute approximate surface area is 82.5 Å². The van der Waals surface area contributed by atoms with Crippen LogP contribution in [0.5, 0.6) is 0 Å². The Bertz CT molecular complexity index is 380. The number of carbonyl (C=O) groups excluding carboxylic acids is 1. The van der Waals surface area contributed by atoms with Gasteiger partial charge in [-0.1, -0.05) is 0 Å². The van der Waals surface area contributed by atoms with Gasteiger partial charge in [-0.25, -0.2) is 0 Å². The molecule has 0 saturated carbocycles. The highest BCUT2D eigenvalue weighted by atomic mass is 16.3. The number of rotatable bonds is 1. The number of nitrogens with zero attached hydrogens (tertiary/aromatic N) is 1. The van der Waals surface area contributed by atoms with Crippen molar-refractivity contribution in [2.45, 2.75) is 26.3 Å². The third kappa shape index (κ3) is 2.63. The Morgan fingerprint density at radius 2 is 2.14 bits per heavy atom. The average molecular weight is 192 g/mol. The Morgan fingerprint density at radius 3 is 2.57 bits per heavy atom. The van der Waals surface area contributed by atoms with Crippen LogP contribution in [-0.2, 0) is 0 Å². The van der Waals surface area contributed by atoms with Crippen LogP contribution in [0.4, 0.5) is 0 Å². The van der Waals surface area contributed by atoms with Crippen molar-refractivity contribution in [3.8, 4) is 6.07 Å². The maximum atomic E-state index is 11.5. The van der Waals surface area contributed by atoms with Gasteiger partial charge in [0.1, 0.15) is 6.07 Å². The van der Waals surface area contributed by atoms with Crippen LogP contribution in [0.15, 0.2) is 16.5 Å². The SMILES string of the molecule is CC(C)(C)NC(=O)c1ccc(C#N)o1. The van der Waals surface area contributed by atoms with Gasteiger partial charge in [-0.2, -0.15) is 5.26 Å². The van der Waals surface area contributed by atoms with E-state index in [2.05, 4.69) is 5.32 Å². The summed E-state index contributed by atoms with van der Waals surface area (Å²) >= 11 is 0. The van der Waals surface area contributed by atoms with E-state index in [0.717, 1.165) is 0 Å². The Kier molecular flexibility index (Phi) is 2.61. The Balaban J connectivity index is 2.76. The molecule has 74 valence electrons. The van der Waals surface area contributed by atoms with Gasteiger partial charge in [0.25, 0.3) is 5.91 Å². The molecule has 0 spiro atoms. The lowest BCUT2D eigenvalue weighted by Gasteiger charge is -2.19. The lowest BCUT2D eigenvalue weighted by atomic mass is 10.1. The van der Waals surface area contributed by atoms with Crippen molar-refractivity contribution in [2.24, 2.45) is 0 Å². The van der Waals surface area contributed by atoms with E-state index in [0.29, 0.717) is 0 Å². The molecule has 0 aliphatic carbocycles. The van der Waals surface area contributed by atoms with E-state index in [1.807, 2.05) is 26.8 Å². The van der Waals surface area contributed by atoms with Crippen molar-refractivity contribution in [3.63, 3.8) is 0 Å². The molecular weight excluding hydrogens is 180 g/mol. The van der Waals surface area contributed by atoms with E-state index in [4.69, 9.17) is 9.68 Å². The summed E-state index contributed by atoms with van der Waals surface area (Å²) in [5, 5.41) is 11.2. The molecule has 1 heterocycles. The van der Waals surface area contributed by atoms with E-state index in [1.54, 1.807) is 0 Å². The van der Waals surface area contributed by atoms with Crippen LogP contribution in [0.3, 0.4) is 0 Å². The van der Waals surface area contributed by atoms with E-state index in [1.165, 1.54) is 12.1 Å². The van der Waals surface area contributed by atoms with Gasteiger partial charge >= 0.3 is 0 Å². The highest BCUT2D eigenvalue weighted by Gasteiger charge is 2.17. The van der Waals surface area contributed by atoms with Gasteiger partial charge in [0.2, 0.25) is 5.76 Å². The summed E-state index contributed by atoms with van der Waals surface area (Å²) in [6.45, 7) is 5.62. The molecule has 0 aliphatic heterocycles. The second-order valence-corrected chi connectivity index (χ2v) is 3.98. The zero-order valence-corrected chi connectivity index (χ0v) is 8.42. The molecule has 1 aromatic rings. The van der Waals surface area contributed by atoms with Crippen molar-refractivity contribution in [1.82, 2.24) is 5.32 Å². The van der Waals surface area contributed by atoms with Gasteiger partial charge in [0.15, 0.2) is 5.76 Å². The predicted octanol–water partition coefficient (Wildman–Crippen LogP) is 1.68. The number of nitriles is 1. The fourth-order valence-corrected chi connectivity index (χ4v) is 0.922. The van der Waals surface area contributed by atoms with Crippen LogP contribution in [0.1, 0.15) is 37.1 Å². The Morgan fingerprint density at radius 1 is 1.50 bits per heavy atom. The molecule has 0 radical (unpaired) electrons. The van der Waals surface area contributed by atoms with Crippen LogP contribution >= 0.6 is 0 Å². The lowest BCUT2D eigenvalue weighted by Crippen LogP contribution is -2.40. The molecule has 1 rings (SSSR count). The predicted molar refractivity (Wildman–Crippen MR) is 50.6 cm³/mol. The van der Waals surface area contributed by atoms with E-state index in [-0.39, 0.29) is 23.0 Å². The highest BCUT2D eigenvalue weighted by molar-refractivity contribution is 5.92. The Hall–Kier alpha value is -1.76. The molecule has 4 nitrogen and oxygen atoms in total. The van der Waals surface area contributed by atoms with E-state index >= 15 is 0 Å². The fourth-order valence-electron chi connectivity index (χ4n) is 0.922. The minimum atomic E-state index is -0.309. The molecule has 4 heteroatoms. The molecule has 1 amide bonds. The van der Waals surface area contributed by atoms with Crippen LogP contribution in [0.25, 0.3) is 0 Å². The van der Waals surface area contributed by atoms with Crippen LogP contribution < -0.4 is 5.32 Å². The first-order chi connectivity index (χ1) is 6.42. The number of carbonyl (C=O) groups is 1.